The number of hydrogen-bond donors (Lipinski definition) is 3. The maximum absolute atomic E-state index is 12.9. The van der Waals surface area contributed by atoms with Crippen molar-refractivity contribution in [3.05, 3.63) is 36.0 Å². The van der Waals surface area contributed by atoms with Gasteiger partial charge in [0.2, 0.25) is 5.91 Å². The third-order valence-corrected chi connectivity index (χ3v) is 4.76. The molecule has 0 unspecified atom stereocenters. The zero-order valence-corrected chi connectivity index (χ0v) is 17.7. The summed E-state index contributed by atoms with van der Waals surface area (Å²) in [5.41, 5.74) is -0.345. The molecule has 0 aliphatic carbocycles. The number of aliphatic carboxylic acids is 1. The van der Waals surface area contributed by atoms with E-state index in [1.165, 1.54) is 20.9 Å². The van der Waals surface area contributed by atoms with Crippen LogP contribution in [0.5, 0.6) is 0 Å². The van der Waals surface area contributed by atoms with Gasteiger partial charge in [-0.15, -0.1) is 0 Å². The number of aromatic amines is 1. The number of carbonyl (C=O) groups is 3. The second kappa shape index (κ2) is 8.14. The first-order valence-corrected chi connectivity index (χ1v) is 9.38. The molecule has 0 saturated carbocycles. The lowest BCUT2D eigenvalue weighted by molar-refractivity contribution is -0.143. The average molecular weight is 403 g/mol. The van der Waals surface area contributed by atoms with Crippen LogP contribution >= 0.6 is 0 Å². The molecule has 2 amide bonds. The molecule has 0 saturated heterocycles. The summed E-state index contributed by atoms with van der Waals surface area (Å²) < 4.78 is 5.31. The minimum absolute atomic E-state index is 0.108. The van der Waals surface area contributed by atoms with Crippen LogP contribution in [-0.4, -0.2) is 57.2 Å². The van der Waals surface area contributed by atoms with Gasteiger partial charge in [-0.25, -0.2) is 9.59 Å². The monoisotopic (exact) mass is 403 g/mol. The fourth-order valence-corrected chi connectivity index (χ4v) is 2.77. The second-order valence-corrected chi connectivity index (χ2v) is 8.53. The quantitative estimate of drug-likeness (QED) is 0.687. The lowest BCUT2D eigenvalue weighted by atomic mass is 10.00. The smallest absolute Gasteiger partial charge is 0.410 e. The first kappa shape index (κ1) is 22.3. The minimum Gasteiger partial charge on any atom is -0.480 e. The number of nitrogens with zero attached hydrogens (tertiary/aromatic N) is 1. The standard InChI is InChI=1S/C21H29N3O5/c1-20(2,3)29-19(28)24(6)21(4,5)18(27)23-16(17(25)26)11-13-12-22-15-10-8-7-9-14(13)15/h7-10,12,16,22H,11H2,1-6H3,(H,23,27)(H,25,26)/t16-/m1/s1. The molecule has 1 atom stereocenters. The molecule has 8 nitrogen and oxygen atoms in total. The predicted octanol–water partition coefficient (Wildman–Crippen LogP) is 2.93. The van der Waals surface area contributed by atoms with Crippen LogP contribution in [0.15, 0.2) is 30.5 Å². The number of para-hydroxylation sites is 1. The van der Waals surface area contributed by atoms with Crippen LogP contribution in [0.1, 0.15) is 40.2 Å². The van der Waals surface area contributed by atoms with Crippen LogP contribution < -0.4 is 5.32 Å². The van der Waals surface area contributed by atoms with Gasteiger partial charge in [0, 0.05) is 30.6 Å². The highest BCUT2D eigenvalue weighted by atomic mass is 16.6. The van der Waals surface area contributed by atoms with Gasteiger partial charge in [-0.1, -0.05) is 18.2 Å². The fraction of sp³-hybridized carbons (Fsp3) is 0.476. The molecule has 1 heterocycles. The summed E-state index contributed by atoms with van der Waals surface area (Å²) in [5, 5.41) is 13.1. The van der Waals surface area contributed by atoms with Gasteiger partial charge >= 0.3 is 12.1 Å². The number of benzene rings is 1. The van der Waals surface area contributed by atoms with Gasteiger partial charge in [0.25, 0.3) is 0 Å². The SMILES string of the molecule is CN(C(=O)OC(C)(C)C)C(C)(C)C(=O)N[C@H](Cc1c[nH]c2ccccc12)C(=O)O. The van der Waals surface area contributed by atoms with E-state index in [-0.39, 0.29) is 6.42 Å². The van der Waals surface area contributed by atoms with Crippen molar-refractivity contribution in [3.8, 4) is 0 Å². The Hall–Kier alpha value is -3.03. The summed E-state index contributed by atoms with van der Waals surface area (Å²) in [6.07, 6.45) is 1.18. The van der Waals surface area contributed by atoms with Gasteiger partial charge in [-0.05, 0) is 46.2 Å². The summed E-state index contributed by atoms with van der Waals surface area (Å²) in [5.74, 6) is -1.74. The Morgan fingerprint density at radius 1 is 1.17 bits per heavy atom. The van der Waals surface area contributed by atoms with Crippen LogP contribution in [0.4, 0.5) is 4.79 Å². The topological polar surface area (TPSA) is 112 Å². The van der Waals surface area contributed by atoms with Crippen molar-refractivity contribution in [2.24, 2.45) is 0 Å². The zero-order valence-electron chi connectivity index (χ0n) is 17.7. The van der Waals surface area contributed by atoms with E-state index in [1.54, 1.807) is 27.0 Å². The number of carboxylic acid groups (broad SMARTS) is 1. The maximum Gasteiger partial charge on any atom is 0.410 e. The molecular weight excluding hydrogens is 374 g/mol. The van der Waals surface area contributed by atoms with E-state index < -0.39 is 35.2 Å². The van der Waals surface area contributed by atoms with E-state index in [1.807, 2.05) is 24.3 Å². The van der Waals surface area contributed by atoms with Crippen molar-refractivity contribution in [2.75, 3.05) is 7.05 Å². The van der Waals surface area contributed by atoms with E-state index in [4.69, 9.17) is 4.74 Å². The number of ether oxygens (including phenoxy) is 1. The molecule has 3 N–H and O–H groups in total. The number of likely N-dealkylation sites (N-methyl/N-ethyl adjacent to an activating group) is 1. The number of amides is 2. The Labute approximate surface area is 170 Å². The van der Waals surface area contributed by atoms with Gasteiger partial charge < -0.3 is 20.1 Å². The molecule has 8 heteroatoms. The lowest BCUT2D eigenvalue weighted by Gasteiger charge is -2.36. The highest BCUT2D eigenvalue weighted by Gasteiger charge is 2.39. The molecule has 0 radical (unpaired) electrons. The molecule has 0 fully saturated rings. The molecule has 2 rings (SSSR count). The summed E-state index contributed by atoms with van der Waals surface area (Å²) >= 11 is 0. The summed E-state index contributed by atoms with van der Waals surface area (Å²) in [7, 11) is 1.45. The first-order chi connectivity index (χ1) is 13.3. The maximum atomic E-state index is 12.9. The average Bonchev–Trinajstić information content (AvgIpc) is 3.01. The van der Waals surface area contributed by atoms with E-state index in [2.05, 4.69) is 10.3 Å². The number of carbonyl (C=O) groups excluding carboxylic acids is 2. The molecule has 0 aliphatic rings. The Balaban J connectivity index is 2.15. The molecule has 0 aliphatic heterocycles. The van der Waals surface area contributed by atoms with Crippen molar-refractivity contribution >= 4 is 28.9 Å². The number of aromatic nitrogens is 1. The van der Waals surface area contributed by atoms with Gasteiger partial charge in [0.05, 0.1) is 0 Å². The Morgan fingerprint density at radius 2 is 1.79 bits per heavy atom. The fourth-order valence-electron chi connectivity index (χ4n) is 2.77. The number of nitrogens with one attached hydrogen (secondary N) is 2. The number of hydrogen-bond acceptors (Lipinski definition) is 4. The van der Waals surface area contributed by atoms with Crippen molar-refractivity contribution in [2.45, 2.75) is 58.2 Å². The van der Waals surface area contributed by atoms with Gasteiger partial charge in [-0.3, -0.25) is 9.69 Å². The first-order valence-electron chi connectivity index (χ1n) is 9.38. The van der Waals surface area contributed by atoms with Gasteiger partial charge in [-0.2, -0.15) is 0 Å². The van der Waals surface area contributed by atoms with Gasteiger partial charge in [0.15, 0.2) is 0 Å². The summed E-state index contributed by atoms with van der Waals surface area (Å²) in [4.78, 5) is 41.2. The van der Waals surface area contributed by atoms with Crippen molar-refractivity contribution in [1.82, 2.24) is 15.2 Å². The third kappa shape index (κ3) is 5.28. The Morgan fingerprint density at radius 3 is 2.38 bits per heavy atom. The van der Waals surface area contributed by atoms with E-state index in [9.17, 15) is 19.5 Å². The van der Waals surface area contributed by atoms with Crippen LogP contribution in [-0.2, 0) is 20.7 Å². The molecule has 0 spiro atoms. The second-order valence-electron chi connectivity index (χ2n) is 8.53. The van der Waals surface area contributed by atoms with Crippen molar-refractivity contribution in [1.29, 1.82) is 0 Å². The zero-order chi connectivity index (χ0) is 22.0. The summed E-state index contributed by atoms with van der Waals surface area (Å²) in [6, 6.07) is 6.39. The highest BCUT2D eigenvalue weighted by molar-refractivity contribution is 5.92. The van der Waals surface area contributed by atoms with Crippen LogP contribution in [0.2, 0.25) is 0 Å². The molecule has 1 aromatic heterocycles. The van der Waals surface area contributed by atoms with E-state index >= 15 is 0 Å². The molecule has 29 heavy (non-hydrogen) atoms. The number of fused-ring (bicyclic) bond motifs is 1. The predicted molar refractivity (Wildman–Crippen MR) is 110 cm³/mol. The molecule has 0 bridgehead atoms. The molecular formula is C21H29N3O5. The van der Waals surface area contributed by atoms with Crippen molar-refractivity contribution in [3.63, 3.8) is 0 Å². The number of carboxylic acids is 1. The lowest BCUT2D eigenvalue weighted by Crippen LogP contribution is -2.59. The van der Waals surface area contributed by atoms with E-state index in [0.29, 0.717) is 0 Å². The van der Waals surface area contributed by atoms with Crippen molar-refractivity contribution < 1.29 is 24.2 Å². The van der Waals surface area contributed by atoms with Crippen LogP contribution in [0.3, 0.4) is 0 Å². The largest absolute Gasteiger partial charge is 0.480 e. The highest BCUT2D eigenvalue weighted by Crippen LogP contribution is 2.21. The van der Waals surface area contributed by atoms with Gasteiger partial charge in [0.1, 0.15) is 17.2 Å². The molecule has 158 valence electrons. The molecule has 1 aromatic carbocycles. The van der Waals surface area contributed by atoms with Crippen LogP contribution in [0.25, 0.3) is 10.9 Å². The third-order valence-electron chi connectivity index (χ3n) is 4.76. The van der Waals surface area contributed by atoms with Crippen LogP contribution in [0, 0.1) is 0 Å². The normalized spacial score (nSPS) is 13.0. The molecule has 2 aromatic rings. The number of rotatable bonds is 6. The van der Waals surface area contributed by atoms with E-state index in [0.717, 1.165) is 21.4 Å². The number of H-pyrrole nitrogens is 1. The Kier molecular flexibility index (Phi) is 6.25. The summed E-state index contributed by atoms with van der Waals surface area (Å²) in [6.45, 7) is 8.27. The minimum atomic E-state index is -1.31. The Bertz CT molecular complexity index is 910.